The third kappa shape index (κ3) is 2.51. The van der Waals surface area contributed by atoms with Gasteiger partial charge < -0.3 is 5.11 Å². The van der Waals surface area contributed by atoms with E-state index >= 15 is 0 Å². The van der Waals surface area contributed by atoms with E-state index in [2.05, 4.69) is 4.98 Å². The first-order valence-electron chi connectivity index (χ1n) is 5.35. The SMILES string of the molecule is Cc1nc(-c2ccc(S(C)(=O)=O)cc2)ccc1O. The average molecular weight is 263 g/mol. The van der Waals surface area contributed by atoms with Crippen LogP contribution in [0.1, 0.15) is 5.69 Å². The third-order valence-corrected chi connectivity index (χ3v) is 3.76. The average Bonchev–Trinajstić information content (AvgIpc) is 2.32. The molecule has 1 aromatic heterocycles. The van der Waals surface area contributed by atoms with Gasteiger partial charge in [0, 0.05) is 11.8 Å². The topological polar surface area (TPSA) is 67.3 Å². The molecule has 0 fully saturated rings. The minimum absolute atomic E-state index is 0.145. The number of aromatic nitrogens is 1. The van der Waals surface area contributed by atoms with Crippen LogP contribution < -0.4 is 0 Å². The van der Waals surface area contributed by atoms with Crippen molar-refractivity contribution in [2.24, 2.45) is 0 Å². The van der Waals surface area contributed by atoms with Gasteiger partial charge in [0.2, 0.25) is 0 Å². The molecule has 0 radical (unpaired) electrons. The summed E-state index contributed by atoms with van der Waals surface area (Å²) in [5.74, 6) is 0.145. The second-order valence-corrected chi connectivity index (χ2v) is 6.11. The van der Waals surface area contributed by atoms with E-state index < -0.39 is 9.84 Å². The quantitative estimate of drug-likeness (QED) is 0.901. The number of hydrogen-bond acceptors (Lipinski definition) is 4. The molecule has 1 heterocycles. The summed E-state index contributed by atoms with van der Waals surface area (Å²) in [6, 6.07) is 9.77. The van der Waals surface area contributed by atoms with Gasteiger partial charge in [0.1, 0.15) is 5.75 Å². The summed E-state index contributed by atoms with van der Waals surface area (Å²) in [5, 5.41) is 9.40. The van der Waals surface area contributed by atoms with Crippen LogP contribution in [0.4, 0.5) is 0 Å². The van der Waals surface area contributed by atoms with Crippen molar-refractivity contribution >= 4 is 9.84 Å². The maximum atomic E-state index is 11.3. The van der Waals surface area contributed by atoms with Gasteiger partial charge in [-0.1, -0.05) is 12.1 Å². The number of benzene rings is 1. The van der Waals surface area contributed by atoms with Crippen molar-refractivity contribution in [3.63, 3.8) is 0 Å². The van der Waals surface area contributed by atoms with Gasteiger partial charge in [-0.3, -0.25) is 0 Å². The van der Waals surface area contributed by atoms with Gasteiger partial charge in [-0.2, -0.15) is 0 Å². The first-order valence-corrected chi connectivity index (χ1v) is 7.24. The molecule has 0 unspecified atom stereocenters. The number of aryl methyl sites for hydroxylation is 1. The predicted molar refractivity (Wildman–Crippen MR) is 69.2 cm³/mol. The van der Waals surface area contributed by atoms with Crippen molar-refractivity contribution in [3.8, 4) is 17.0 Å². The number of aromatic hydroxyl groups is 1. The highest BCUT2D eigenvalue weighted by Crippen LogP contribution is 2.23. The van der Waals surface area contributed by atoms with Crippen LogP contribution in [0.5, 0.6) is 5.75 Å². The monoisotopic (exact) mass is 263 g/mol. The zero-order valence-corrected chi connectivity index (χ0v) is 10.9. The Morgan fingerprint density at radius 1 is 1.06 bits per heavy atom. The van der Waals surface area contributed by atoms with Gasteiger partial charge in [0.05, 0.1) is 16.3 Å². The van der Waals surface area contributed by atoms with Crippen molar-refractivity contribution in [3.05, 3.63) is 42.1 Å². The summed E-state index contributed by atoms with van der Waals surface area (Å²) in [6.45, 7) is 1.71. The first kappa shape index (κ1) is 12.6. The Morgan fingerprint density at radius 2 is 1.67 bits per heavy atom. The van der Waals surface area contributed by atoms with Crippen LogP contribution in [-0.2, 0) is 9.84 Å². The van der Waals surface area contributed by atoms with Crippen molar-refractivity contribution in [2.75, 3.05) is 6.26 Å². The maximum Gasteiger partial charge on any atom is 0.175 e. The Kier molecular flexibility index (Phi) is 3.09. The van der Waals surface area contributed by atoms with Gasteiger partial charge in [0.25, 0.3) is 0 Å². The van der Waals surface area contributed by atoms with Gasteiger partial charge in [-0.25, -0.2) is 13.4 Å². The highest BCUT2D eigenvalue weighted by Gasteiger charge is 2.08. The Labute approximate surface area is 106 Å². The highest BCUT2D eigenvalue weighted by atomic mass is 32.2. The van der Waals surface area contributed by atoms with E-state index in [9.17, 15) is 13.5 Å². The molecule has 5 heteroatoms. The van der Waals surface area contributed by atoms with Gasteiger partial charge in [0.15, 0.2) is 9.84 Å². The molecule has 0 aliphatic rings. The molecule has 0 atom stereocenters. The zero-order chi connectivity index (χ0) is 13.3. The standard InChI is InChI=1S/C13H13NO3S/c1-9-13(15)8-7-12(14-9)10-3-5-11(6-4-10)18(2,16)17/h3-8,15H,1-2H3. The van der Waals surface area contributed by atoms with Crippen LogP contribution in [-0.4, -0.2) is 24.8 Å². The maximum absolute atomic E-state index is 11.3. The fraction of sp³-hybridized carbons (Fsp3) is 0.154. The lowest BCUT2D eigenvalue weighted by Crippen LogP contribution is -1.96. The minimum atomic E-state index is -3.18. The molecule has 1 N–H and O–H groups in total. The Bertz CT molecular complexity index is 676. The van der Waals surface area contributed by atoms with E-state index in [4.69, 9.17) is 0 Å². The van der Waals surface area contributed by atoms with E-state index in [1.165, 1.54) is 6.26 Å². The molecule has 2 aromatic rings. The van der Waals surface area contributed by atoms with E-state index in [1.54, 1.807) is 43.3 Å². The highest BCUT2D eigenvalue weighted by molar-refractivity contribution is 7.90. The van der Waals surface area contributed by atoms with Gasteiger partial charge >= 0.3 is 0 Å². The molecule has 4 nitrogen and oxygen atoms in total. The molecule has 2 rings (SSSR count). The summed E-state index contributed by atoms with van der Waals surface area (Å²) in [6.07, 6.45) is 1.17. The van der Waals surface area contributed by atoms with E-state index in [0.717, 1.165) is 5.56 Å². The number of pyridine rings is 1. The summed E-state index contributed by atoms with van der Waals surface area (Å²) >= 11 is 0. The van der Waals surface area contributed by atoms with Crippen molar-refractivity contribution < 1.29 is 13.5 Å². The summed E-state index contributed by atoms with van der Waals surface area (Å²) in [4.78, 5) is 4.51. The zero-order valence-electron chi connectivity index (χ0n) is 10.1. The molecule has 18 heavy (non-hydrogen) atoms. The van der Waals surface area contributed by atoms with Crippen molar-refractivity contribution in [2.45, 2.75) is 11.8 Å². The second-order valence-electron chi connectivity index (χ2n) is 4.10. The predicted octanol–water partition coefficient (Wildman–Crippen LogP) is 2.17. The lowest BCUT2D eigenvalue weighted by Gasteiger charge is -2.04. The van der Waals surface area contributed by atoms with Crippen molar-refractivity contribution in [1.82, 2.24) is 4.98 Å². The number of nitrogens with zero attached hydrogens (tertiary/aromatic N) is 1. The molecule has 0 amide bonds. The lowest BCUT2D eigenvalue weighted by molar-refractivity contribution is 0.468. The first-order chi connectivity index (χ1) is 8.38. The Morgan fingerprint density at radius 3 is 2.17 bits per heavy atom. The van der Waals surface area contributed by atoms with Crippen LogP contribution >= 0.6 is 0 Å². The molecular weight excluding hydrogens is 250 g/mol. The minimum Gasteiger partial charge on any atom is -0.506 e. The summed E-state index contributed by atoms with van der Waals surface area (Å²) in [5.41, 5.74) is 2.05. The Hall–Kier alpha value is -1.88. The van der Waals surface area contributed by atoms with Gasteiger partial charge in [-0.15, -0.1) is 0 Å². The number of hydrogen-bond donors (Lipinski definition) is 1. The van der Waals surface area contributed by atoms with E-state index in [-0.39, 0.29) is 10.6 Å². The van der Waals surface area contributed by atoms with Crippen molar-refractivity contribution in [1.29, 1.82) is 0 Å². The largest absolute Gasteiger partial charge is 0.506 e. The van der Waals surface area contributed by atoms with Crippen LogP contribution in [0, 0.1) is 6.92 Å². The summed E-state index contributed by atoms with van der Waals surface area (Å²) < 4.78 is 22.7. The second kappa shape index (κ2) is 4.42. The van der Waals surface area contributed by atoms with Crippen LogP contribution in [0.15, 0.2) is 41.3 Å². The van der Waals surface area contributed by atoms with Crippen LogP contribution in [0.3, 0.4) is 0 Å². The molecule has 0 bridgehead atoms. The molecular formula is C13H13NO3S. The summed E-state index contributed by atoms with van der Waals surface area (Å²) in [7, 11) is -3.18. The van der Waals surface area contributed by atoms with Crippen LogP contribution in [0.2, 0.25) is 0 Å². The smallest absolute Gasteiger partial charge is 0.175 e. The fourth-order valence-electron chi connectivity index (χ4n) is 1.59. The Balaban J connectivity index is 2.43. The lowest BCUT2D eigenvalue weighted by atomic mass is 10.1. The molecule has 1 aromatic carbocycles. The molecule has 0 saturated carbocycles. The van der Waals surface area contributed by atoms with E-state index in [0.29, 0.717) is 11.4 Å². The molecule has 94 valence electrons. The number of rotatable bonds is 2. The van der Waals surface area contributed by atoms with Gasteiger partial charge in [-0.05, 0) is 31.2 Å². The van der Waals surface area contributed by atoms with E-state index in [1.807, 2.05) is 0 Å². The molecule has 0 aliphatic heterocycles. The van der Waals surface area contributed by atoms with Crippen LogP contribution in [0.25, 0.3) is 11.3 Å². The third-order valence-electron chi connectivity index (χ3n) is 2.64. The number of sulfone groups is 1. The molecule has 0 aliphatic carbocycles. The normalized spacial score (nSPS) is 11.4. The molecule has 0 spiro atoms. The molecule has 0 saturated heterocycles. The fourth-order valence-corrected chi connectivity index (χ4v) is 2.22.